The Balaban J connectivity index is 1.40. The largest absolute Gasteiger partial charge is 0.349 e. The van der Waals surface area contributed by atoms with Gasteiger partial charge in [0.05, 0.1) is 0 Å². The van der Waals surface area contributed by atoms with Gasteiger partial charge in [-0.3, -0.25) is 4.79 Å². The van der Waals surface area contributed by atoms with Crippen LogP contribution in [0.4, 0.5) is 4.79 Å². The number of amides is 3. The van der Waals surface area contributed by atoms with Gasteiger partial charge in [-0.15, -0.1) is 0 Å². The highest BCUT2D eigenvalue weighted by atomic mass is 16.2. The molecule has 0 radical (unpaired) electrons. The smallest absolute Gasteiger partial charge is 0.317 e. The van der Waals surface area contributed by atoms with Crippen molar-refractivity contribution >= 4 is 11.9 Å². The van der Waals surface area contributed by atoms with Crippen molar-refractivity contribution in [3.05, 3.63) is 35.4 Å². The van der Waals surface area contributed by atoms with E-state index >= 15 is 0 Å². The second-order valence-electron chi connectivity index (χ2n) is 7.56. The van der Waals surface area contributed by atoms with Crippen LogP contribution in [0.5, 0.6) is 0 Å². The van der Waals surface area contributed by atoms with Gasteiger partial charge in [-0.2, -0.15) is 0 Å². The van der Waals surface area contributed by atoms with Crippen molar-refractivity contribution in [3.8, 4) is 0 Å². The maximum absolute atomic E-state index is 12.4. The summed E-state index contributed by atoms with van der Waals surface area (Å²) in [6.45, 7) is 5.22. The van der Waals surface area contributed by atoms with Gasteiger partial charge in [0.2, 0.25) is 0 Å². The van der Waals surface area contributed by atoms with Crippen molar-refractivity contribution < 1.29 is 9.59 Å². The van der Waals surface area contributed by atoms with E-state index in [0.717, 1.165) is 37.9 Å². The first-order valence-corrected chi connectivity index (χ1v) is 9.63. The van der Waals surface area contributed by atoms with E-state index in [-0.39, 0.29) is 18.0 Å². The number of nitrogens with zero attached hydrogens (tertiary/aromatic N) is 2. The SMILES string of the molecule is Cc1ccc(C(=O)NC2CCN(C(=O)NCC3CCCN3C)CC2)cc1. The summed E-state index contributed by atoms with van der Waals surface area (Å²) in [5.74, 6) is -0.0304. The van der Waals surface area contributed by atoms with Crippen LogP contribution in [0, 0.1) is 6.92 Å². The van der Waals surface area contributed by atoms with Crippen LogP contribution in [-0.4, -0.2) is 67.0 Å². The van der Waals surface area contributed by atoms with Crippen LogP contribution in [0.15, 0.2) is 24.3 Å². The molecule has 0 saturated carbocycles. The van der Waals surface area contributed by atoms with E-state index in [1.165, 1.54) is 6.42 Å². The van der Waals surface area contributed by atoms with E-state index in [9.17, 15) is 9.59 Å². The van der Waals surface area contributed by atoms with Gasteiger partial charge in [0.25, 0.3) is 5.91 Å². The molecule has 1 aromatic rings. The number of benzene rings is 1. The standard InChI is InChI=1S/C20H30N4O2/c1-15-5-7-16(8-6-15)19(25)22-17-9-12-24(13-10-17)20(26)21-14-18-4-3-11-23(18)2/h5-8,17-18H,3-4,9-14H2,1-2H3,(H,21,26)(H,22,25). The lowest BCUT2D eigenvalue weighted by Gasteiger charge is -2.33. The van der Waals surface area contributed by atoms with E-state index in [2.05, 4.69) is 22.6 Å². The minimum Gasteiger partial charge on any atom is -0.349 e. The lowest BCUT2D eigenvalue weighted by atomic mass is 10.0. The predicted molar refractivity (Wildman–Crippen MR) is 102 cm³/mol. The number of rotatable bonds is 4. The molecule has 6 nitrogen and oxygen atoms in total. The zero-order chi connectivity index (χ0) is 18.5. The van der Waals surface area contributed by atoms with Crippen LogP contribution in [0.2, 0.25) is 0 Å². The van der Waals surface area contributed by atoms with Crippen molar-refractivity contribution in [1.82, 2.24) is 20.4 Å². The monoisotopic (exact) mass is 358 g/mol. The highest BCUT2D eigenvalue weighted by Gasteiger charge is 2.26. The van der Waals surface area contributed by atoms with Gasteiger partial charge in [-0.25, -0.2) is 4.79 Å². The molecule has 1 unspecified atom stereocenters. The molecule has 1 atom stereocenters. The zero-order valence-corrected chi connectivity index (χ0v) is 15.8. The van der Waals surface area contributed by atoms with E-state index < -0.39 is 0 Å². The van der Waals surface area contributed by atoms with Gasteiger partial charge in [0, 0.05) is 37.3 Å². The van der Waals surface area contributed by atoms with E-state index in [0.29, 0.717) is 24.7 Å². The molecule has 6 heteroatoms. The van der Waals surface area contributed by atoms with Crippen LogP contribution in [0.25, 0.3) is 0 Å². The number of carbonyl (C=O) groups is 2. The molecular formula is C20H30N4O2. The molecule has 2 N–H and O–H groups in total. The molecule has 2 heterocycles. The van der Waals surface area contributed by atoms with Gasteiger partial charge in [-0.1, -0.05) is 17.7 Å². The summed E-state index contributed by atoms with van der Waals surface area (Å²) >= 11 is 0. The van der Waals surface area contributed by atoms with E-state index in [1.807, 2.05) is 36.1 Å². The lowest BCUT2D eigenvalue weighted by Crippen LogP contribution is -2.51. The van der Waals surface area contributed by atoms with Gasteiger partial charge in [0.15, 0.2) is 0 Å². The Morgan fingerprint density at radius 2 is 1.77 bits per heavy atom. The second-order valence-corrected chi connectivity index (χ2v) is 7.56. The maximum atomic E-state index is 12.4. The molecule has 0 bridgehead atoms. The number of nitrogens with one attached hydrogen (secondary N) is 2. The van der Waals surface area contributed by atoms with E-state index in [4.69, 9.17) is 0 Å². The first-order valence-electron chi connectivity index (χ1n) is 9.63. The van der Waals surface area contributed by atoms with Crippen molar-refractivity contribution in [2.45, 2.75) is 44.7 Å². The molecule has 3 rings (SSSR count). The molecule has 1 aromatic carbocycles. The normalized spacial score (nSPS) is 21.6. The Labute approximate surface area is 155 Å². The zero-order valence-electron chi connectivity index (χ0n) is 15.8. The van der Waals surface area contributed by atoms with Crippen molar-refractivity contribution in [2.24, 2.45) is 0 Å². The summed E-state index contributed by atoms with van der Waals surface area (Å²) in [6, 6.07) is 8.22. The average Bonchev–Trinajstić information content (AvgIpc) is 3.06. The van der Waals surface area contributed by atoms with Gasteiger partial charge < -0.3 is 20.4 Å². The molecule has 0 spiro atoms. The molecule has 142 valence electrons. The summed E-state index contributed by atoms with van der Waals surface area (Å²) in [5, 5.41) is 6.16. The number of aryl methyl sites for hydroxylation is 1. The molecule has 0 aliphatic carbocycles. The number of piperidine rings is 1. The van der Waals surface area contributed by atoms with Crippen LogP contribution >= 0.6 is 0 Å². The summed E-state index contributed by atoms with van der Waals surface area (Å²) < 4.78 is 0. The van der Waals surface area contributed by atoms with Crippen LogP contribution in [0.1, 0.15) is 41.6 Å². The maximum Gasteiger partial charge on any atom is 0.317 e. The fourth-order valence-corrected chi connectivity index (χ4v) is 3.75. The fourth-order valence-electron chi connectivity index (χ4n) is 3.75. The van der Waals surface area contributed by atoms with Gasteiger partial charge in [-0.05, 0) is 58.3 Å². The molecular weight excluding hydrogens is 328 g/mol. The van der Waals surface area contributed by atoms with Crippen LogP contribution in [0.3, 0.4) is 0 Å². The van der Waals surface area contributed by atoms with Crippen LogP contribution < -0.4 is 10.6 Å². The summed E-state index contributed by atoms with van der Waals surface area (Å²) in [5.41, 5.74) is 1.83. The lowest BCUT2D eigenvalue weighted by molar-refractivity contribution is 0.0917. The van der Waals surface area contributed by atoms with Crippen molar-refractivity contribution in [2.75, 3.05) is 33.2 Å². The summed E-state index contributed by atoms with van der Waals surface area (Å²) in [6.07, 6.45) is 3.97. The number of urea groups is 1. The van der Waals surface area contributed by atoms with Crippen LogP contribution in [-0.2, 0) is 0 Å². The Kier molecular flexibility index (Phi) is 6.14. The second kappa shape index (κ2) is 8.54. The number of hydrogen-bond donors (Lipinski definition) is 2. The Morgan fingerprint density at radius 3 is 2.38 bits per heavy atom. The fraction of sp³-hybridized carbons (Fsp3) is 0.600. The van der Waals surface area contributed by atoms with E-state index in [1.54, 1.807) is 0 Å². The highest BCUT2D eigenvalue weighted by Crippen LogP contribution is 2.15. The molecule has 0 aromatic heterocycles. The quantitative estimate of drug-likeness (QED) is 0.865. The molecule has 26 heavy (non-hydrogen) atoms. The Bertz CT molecular complexity index is 623. The third-order valence-corrected chi connectivity index (χ3v) is 5.59. The number of likely N-dealkylation sites (tertiary alicyclic amines) is 2. The topological polar surface area (TPSA) is 64.7 Å². The number of carbonyl (C=O) groups excluding carboxylic acids is 2. The number of hydrogen-bond acceptors (Lipinski definition) is 3. The molecule has 2 fully saturated rings. The third kappa shape index (κ3) is 4.75. The average molecular weight is 358 g/mol. The Morgan fingerprint density at radius 1 is 1.08 bits per heavy atom. The first kappa shape index (κ1) is 18.7. The summed E-state index contributed by atoms with van der Waals surface area (Å²) in [4.78, 5) is 28.8. The van der Waals surface area contributed by atoms with Gasteiger partial charge >= 0.3 is 6.03 Å². The van der Waals surface area contributed by atoms with Crippen molar-refractivity contribution in [3.63, 3.8) is 0 Å². The molecule has 2 saturated heterocycles. The highest BCUT2D eigenvalue weighted by molar-refractivity contribution is 5.94. The molecule has 3 amide bonds. The van der Waals surface area contributed by atoms with Crippen molar-refractivity contribution in [1.29, 1.82) is 0 Å². The third-order valence-electron chi connectivity index (χ3n) is 5.59. The minimum absolute atomic E-state index is 0.0219. The molecule has 2 aliphatic rings. The minimum atomic E-state index is -0.0304. The van der Waals surface area contributed by atoms with Gasteiger partial charge in [0.1, 0.15) is 0 Å². The first-order chi connectivity index (χ1) is 12.5. The number of likely N-dealkylation sites (N-methyl/N-ethyl adjacent to an activating group) is 1. The predicted octanol–water partition coefficient (Wildman–Crippen LogP) is 1.99. The summed E-state index contributed by atoms with van der Waals surface area (Å²) in [7, 11) is 2.12. The molecule has 2 aliphatic heterocycles. The Hall–Kier alpha value is -2.08.